The Morgan fingerprint density at radius 3 is 2.50 bits per heavy atom. The fraction of sp³-hybridized carbons (Fsp3) is 0.333. The summed E-state index contributed by atoms with van der Waals surface area (Å²) in [5, 5.41) is 15.8. The summed E-state index contributed by atoms with van der Waals surface area (Å²) in [4.78, 5) is 34.8. The maximum absolute atomic E-state index is 14.1. The van der Waals surface area contributed by atoms with Crippen LogP contribution in [0.25, 0.3) is 11.4 Å². The average molecular weight is 540 g/mol. The summed E-state index contributed by atoms with van der Waals surface area (Å²) in [6, 6.07) is 16.1. The van der Waals surface area contributed by atoms with E-state index in [1.807, 2.05) is 63.2 Å². The van der Waals surface area contributed by atoms with Crippen molar-refractivity contribution in [3.8, 4) is 11.4 Å². The Morgan fingerprint density at radius 2 is 1.80 bits per heavy atom. The summed E-state index contributed by atoms with van der Waals surface area (Å²) >= 11 is 0. The first-order valence-electron chi connectivity index (χ1n) is 13.4. The van der Waals surface area contributed by atoms with Gasteiger partial charge in [0, 0.05) is 36.8 Å². The molecule has 1 aliphatic heterocycles. The van der Waals surface area contributed by atoms with Crippen LogP contribution >= 0.6 is 0 Å². The Labute approximate surface area is 233 Å². The molecule has 2 amide bonds. The monoisotopic (exact) mass is 539 g/mol. The zero-order valence-corrected chi connectivity index (χ0v) is 22.9. The van der Waals surface area contributed by atoms with Crippen molar-refractivity contribution >= 4 is 17.5 Å². The van der Waals surface area contributed by atoms with E-state index in [4.69, 9.17) is 4.74 Å². The number of tetrazole rings is 1. The number of nitrogens with one attached hydrogen (secondary N) is 1. The Bertz CT molecular complexity index is 1460. The SMILES string of the molecule is Cc1ccc(-c2nnn(CC(=O)N(c3ccc(C)cc3C)[C@@H](C(=O)NC[C@@H]3CCCO3)c3ccncc3)n2)cc1. The highest BCUT2D eigenvalue weighted by Gasteiger charge is 2.34. The molecule has 0 unspecified atom stereocenters. The number of carbonyl (C=O) groups excluding carboxylic acids is 2. The first-order chi connectivity index (χ1) is 19.4. The summed E-state index contributed by atoms with van der Waals surface area (Å²) in [6.07, 6.45) is 5.06. The molecule has 1 fully saturated rings. The molecule has 206 valence electrons. The van der Waals surface area contributed by atoms with Crippen molar-refractivity contribution in [1.29, 1.82) is 0 Å². The molecule has 2 atom stereocenters. The molecule has 4 aromatic rings. The molecule has 0 saturated carbocycles. The van der Waals surface area contributed by atoms with E-state index in [1.165, 1.54) is 9.70 Å². The summed E-state index contributed by atoms with van der Waals surface area (Å²) in [5.74, 6) is -0.235. The molecular weight excluding hydrogens is 506 g/mol. The number of pyridine rings is 1. The van der Waals surface area contributed by atoms with Gasteiger partial charge in [-0.3, -0.25) is 19.5 Å². The third kappa shape index (κ3) is 6.23. The normalized spacial score (nSPS) is 15.5. The summed E-state index contributed by atoms with van der Waals surface area (Å²) in [5.41, 5.74) is 5.11. The summed E-state index contributed by atoms with van der Waals surface area (Å²) < 4.78 is 5.71. The Morgan fingerprint density at radius 1 is 1.05 bits per heavy atom. The van der Waals surface area contributed by atoms with Crippen LogP contribution in [0.15, 0.2) is 67.0 Å². The lowest BCUT2D eigenvalue weighted by atomic mass is 10.0. The van der Waals surface area contributed by atoms with E-state index >= 15 is 0 Å². The second-order valence-corrected chi connectivity index (χ2v) is 10.1. The highest BCUT2D eigenvalue weighted by Crippen LogP contribution is 2.31. The number of carbonyl (C=O) groups is 2. The largest absolute Gasteiger partial charge is 0.376 e. The Kier molecular flexibility index (Phi) is 8.26. The number of rotatable bonds is 9. The molecule has 2 aromatic heterocycles. The van der Waals surface area contributed by atoms with Gasteiger partial charge in [-0.1, -0.05) is 47.5 Å². The molecule has 0 radical (unpaired) electrons. The smallest absolute Gasteiger partial charge is 0.251 e. The van der Waals surface area contributed by atoms with Crippen molar-refractivity contribution in [2.45, 2.75) is 52.3 Å². The summed E-state index contributed by atoms with van der Waals surface area (Å²) in [6.45, 7) is 6.79. The van der Waals surface area contributed by atoms with E-state index in [-0.39, 0.29) is 24.5 Å². The number of hydrogen-bond donors (Lipinski definition) is 1. The molecule has 0 aliphatic carbocycles. The predicted molar refractivity (Wildman–Crippen MR) is 150 cm³/mol. The highest BCUT2D eigenvalue weighted by molar-refractivity contribution is 6.01. The van der Waals surface area contributed by atoms with Gasteiger partial charge in [-0.15, -0.1) is 10.2 Å². The van der Waals surface area contributed by atoms with Gasteiger partial charge in [0.1, 0.15) is 12.6 Å². The topological polar surface area (TPSA) is 115 Å². The van der Waals surface area contributed by atoms with Crippen LogP contribution in [0, 0.1) is 20.8 Å². The van der Waals surface area contributed by atoms with Crippen LogP contribution in [0.2, 0.25) is 0 Å². The Hall–Kier alpha value is -4.44. The average Bonchev–Trinajstić information content (AvgIpc) is 3.64. The third-order valence-electron chi connectivity index (χ3n) is 6.98. The van der Waals surface area contributed by atoms with E-state index in [2.05, 4.69) is 25.7 Å². The van der Waals surface area contributed by atoms with E-state index < -0.39 is 6.04 Å². The lowest BCUT2D eigenvalue weighted by Gasteiger charge is -2.32. The van der Waals surface area contributed by atoms with Crippen molar-refractivity contribution in [2.24, 2.45) is 0 Å². The maximum atomic E-state index is 14.1. The van der Waals surface area contributed by atoms with Crippen LogP contribution < -0.4 is 10.2 Å². The van der Waals surface area contributed by atoms with Gasteiger partial charge in [-0.2, -0.15) is 4.80 Å². The molecule has 0 spiro atoms. The lowest BCUT2D eigenvalue weighted by molar-refractivity contribution is -0.127. The van der Waals surface area contributed by atoms with Gasteiger partial charge in [-0.05, 0) is 68.2 Å². The molecule has 2 aromatic carbocycles. The number of anilines is 1. The van der Waals surface area contributed by atoms with E-state index in [0.29, 0.717) is 30.2 Å². The minimum absolute atomic E-state index is 0.0353. The van der Waals surface area contributed by atoms with Crippen LogP contribution in [-0.4, -0.2) is 56.3 Å². The zero-order valence-electron chi connectivity index (χ0n) is 22.9. The zero-order chi connectivity index (χ0) is 28.1. The number of aromatic nitrogens is 5. The summed E-state index contributed by atoms with van der Waals surface area (Å²) in [7, 11) is 0. The van der Waals surface area contributed by atoms with Crippen LogP contribution in [0.3, 0.4) is 0 Å². The van der Waals surface area contributed by atoms with Crippen molar-refractivity contribution in [3.63, 3.8) is 0 Å². The van der Waals surface area contributed by atoms with Gasteiger partial charge < -0.3 is 10.1 Å². The number of ether oxygens (including phenoxy) is 1. The fourth-order valence-electron chi connectivity index (χ4n) is 4.90. The van der Waals surface area contributed by atoms with E-state index in [0.717, 1.165) is 35.1 Å². The molecule has 1 aliphatic rings. The Balaban J connectivity index is 1.49. The first kappa shape index (κ1) is 27.1. The first-order valence-corrected chi connectivity index (χ1v) is 13.4. The molecule has 1 saturated heterocycles. The second-order valence-electron chi connectivity index (χ2n) is 10.1. The van der Waals surface area contributed by atoms with Gasteiger partial charge in [0.2, 0.25) is 11.7 Å². The predicted octanol–water partition coefficient (Wildman–Crippen LogP) is 3.73. The van der Waals surface area contributed by atoms with Crippen molar-refractivity contribution < 1.29 is 14.3 Å². The molecule has 3 heterocycles. The van der Waals surface area contributed by atoms with Gasteiger partial charge in [0.25, 0.3) is 5.91 Å². The molecule has 40 heavy (non-hydrogen) atoms. The fourth-order valence-corrected chi connectivity index (χ4v) is 4.90. The van der Waals surface area contributed by atoms with Crippen LogP contribution in [-0.2, 0) is 20.9 Å². The quantitative estimate of drug-likeness (QED) is 0.345. The van der Waals surface area contributed by atoms with Crippen LogP contribution in [0.5, 0.6) is 0 Å². The number of amides is 2. The van der Waals surface area contributed by atoms with Gasteiger partial charge >= 0.3 is 0 Å². The van der Waals surface area contributed by atoms with E-state index in [1.54, 1.807) is 24.5 Å². The third-order valence-corrected chi connectivity index (χ3v) is 6.98. The molecule has 1 N–H and O–H groups in total. The molecular formula is C30H33N7O3. The maximum Gasteiger partial charge on any atom is 0.251 e. The standard InChI is InChI=1S/C30H33N7O3/c1-20-6-9-24(10-7-20)29-33-35-36(34-29)19-27(38)37(26-11-8-21(2)17-22(26)3)28(23-12-14-31-15-13-23)30(39)32-18-25-5-4-16-40-25/h6-15,17,25,28H,4-5,16,18-19H2,1-3H3,(H,32,39)/t25-,28+/m0/s1. The molecule has 10 nitrogen and oxygen atoms in total. The van der Waals surface area contributed by atoms with Gasteiger partial charge in [-0.25, -0.2) is 0 Å². The number of nitrogens with zero attached hydrogens (tertiary/aromatic N) is 6. The number of benzene rings is 2. The minimum Gasteiger partial charge on any atom is -0.376 e. The number of hydrogen-bond acceptors (Lipinski definition) is 7. The van der Waals surface area contributed by atoms with E-state index in [9.17, 15) is 9.59 Å². The highest BCUT2D eigenvalue weighted by atomic mass is 16.5. The van der Waals surface area contributed by atoms with Crippen LogP contribution in [0.4, 0.5) is 5.69 Å². The van der Waals surface area contributed by atoms with Gasteiger partial charge in [0.05, 0.1) is 6.10 Å². The molecule has 5 rings (SSSR count). The van der Waals surface area contributed by atoms with Crippen LogP contribution in [0.1, 0.15) is 41.1 Å². The minimum atomic E-state index is -0.946. The lowest BCUT2D eigenvalue weighted by Crippen LogP contribution is -2.47. The van der Waals surface area contributed by atoms with Gasteiger partial charge in [0.15, 0.2) is 0 Å². The van der Waals surface area contributed by atoms with Crippen molar-refractivity contribution in [3.05, 3.63) is 89.2 Å². The molecule has 10 heteroatoms. The molecule has 0 bridgehead atoms. The number of aryl methyl sites for hydroxylation is 3. The van der Waals surface area contributed by atoms with Crippen molar-refractivity contribution in [1.82, 2.24) is 30.5 Å². The van der Waals surface area contributed by atoms with Crippen molar-refractivity contribution in [2.75, 3.05) is 18.1 Å². The second kappa shape index (κ2) is 12.2.